The van der Waals surface area contributed by atoms with Crippen molar-refractivity contribution in [3.05, 3.63) is 78.1 Å². The first kappa shape index (κ1) is 25.8. The molecule has 3 heterocycles. The molecular formula is C28H34F3N5. The van der Waals surface area contributed by atoms with E-state index < -0.39 is 12.7 Å². The highest BCUT2D eigenvalue weighted by Gasteiger charge is 2.30. The Labute approximate surface area is 211 Å². The number of pyridine rings is 1. The van der Waals surface area contributed by atoms with Crippen molar-refractivity contribution < 1.29 is 13.2 Å². The van der Waals surface area contributed by atoms with Crippen LogP contribution in [0.3, 0.4) is 0 Å². The van der Waals surface area contributed by atoms with Gasteiger partial charge in [-0.15, -0.1) is 0 Å². The van der Waals surface area contributed by atoms with E-state index in [9.17, 15) is 13.2 Å². The summed E-state index contributed by atoms with van der Waals surface area (Å²) in [6.07, 6.45) is 11.5. The largest absolute Gasteiger partial charge is 0.405 e. The number of alkyl halides is 3. The first-order valence-corrected chi connectivity index (χ1v) is 12.6. The summed E-state index contributed by atoms with van der Waals surface area (Å²) in [5, 5.41) is 11.5. The smallest absolute Gasteiger partial charge is 0.376 e. The van der Waals surface area contributed by atoms with Gasteiger partial charge in [0.05, 0.1) is 22.8 Å². The molecule has 0 spiro atoms. The van der Waals surface area contributed by atoms with Crippen molar-refractivity contribution in [3.8, 4) is 0 Å². The minimum Gasteiger partial charge on any atom is -0.376 e. The highest BCUT2D eigenvalue weighted by atomic mass is 19.4. The first-order valence-electron chi connectivity index (χ1n) is 12.6. The minimum absolute atomic E-state index is 0.0736. The second kappa shape index (κ2) is 10.8. The molecule has 36 heavy (non-hydrogen) atoms. The summed E-state index contributed by atoms with van der Waals surface area (Å²) in [7, 11) is 0. The molecule has 1 aromatic heterocycles. The molecule has 0 unspecified atom stereocenters. The van der Waals surface area contributed by atoms with Crippen LogP contribution in [-0.2, 0) is 0 Å². The maximum atomic E-state index is 13.2. The Morgan fingerprint density at radius 1 is 1.19 bits per heavy atom. The van der Waals surface area contributed by atoms with Crippen molar-refractivity contribution >= 4 is 17.1 Å². The predicted octanol–water partition coefficient (Wildman–Crippen LogP) is 6.85. The van der Waals surface area contributed by atoms with E-state index in [1.54, 1.807) is 12.1 Å². The maximum absolute atomic E-state index is 13.2. The molecule has 0 radical (unpaired) electrons. The van der Waals surface area contributed by atoms with Crippen molar-refractivity contribution in [1.82, 2.24) is 14.8 Å². The van der Waals surface area contributed by atoms with Crippen molar-refractivity contribution in [2.45, 2.75) is 51.6 Å². The molecule has 5 nitrogen and oxygen atoms in total. The van der Waals surface area contributed by atoms with Gasteiger partial charge in [0.2, 0.25) is 0 Å². The van der Waals surface area contributed by atoms with E-state index in [0.29, 0.717) is 34.3 Å². The van der Waals surface area contributed by atoms with Crippen LogP contribution in [0.2, 0.25) is 0 Å². The Balaban J connectivity index is 1.65. The average Bonchev–Trinajstić information content (AvgIpc) is 3.71. The van der Waals surface area contributed by atoms with Gasteiger partial charge in [0.25, 0.3) is 0 Å². The lowest BCUT2D eigenvalue weighted by Gasteiger charge is -2.29. The van der Waals surface area contributed by atoms with E-state index in [2.05, 4.69) is 34.4 Å². The van der Waals surface area contributed by atoms with Gasteiger partial charge in [0.1, 0.15) is 6.54 Å². The molecule has 1 saturated carbocycles. The van der Waals surface area contributed by atoms with Crippen LogP contribution in [-0.4, -0.2) is 46.3 Å². The molecule has 8 heteroatoms. The summed E-state index contributed by atoms with van der Waals surface area (Å²) in [4.78, 5) is 8.54. The summed E-state index contributed by atoms with van der Waals surface area (Å²) >= 11 is 0. The highest BCUT2D eigenvalue weighted by Crippen LogP contribution is 2.40. The molecular weight excluding hydrogens is 463 g/mol. The molecule has 0 aromatic carbocycles. The second-order valence-electron chi connectivity index (χ2n) is 9.58. The van der Waals surface area contributed by atoms with Crippen LogP contribution in [0.25, 0.3) is 5.70 Å². The molecule has 0 amide bonds. The van der Waals surface area contributed by atoms with Crippen molar-refractivity contribution in [3.63, 3.8) is 0 Å². The van der Waals surface area contributed by atoms with Crippen LogP contribution in [0.4, 0.5) is 18.9 Å². The van der Waals surface area contributed by atoms with Gasteiger partial charge in [-0.3, -0.25) is 10.4 Å². The topological polar surface area (TPSA) is 55.3 Å². The van der Waals surface area contributed by atoms with Crippen molar-refractivity contribution in [2.75, 3.05) is 25.0 Å². The van der Waals surface area contributed by atoms with E-state index in [0.717, 1.165) is 51.6 Å². The van der Waals surface area contributed by atoms with Gasteiger partial charge >= 0.3 is 6.18 Å². The number of halogens is 3. The van der Waals surface area contributed by atoms with Gasteiger partial charge in [-0.2, -0.15) is 13.2 Å². The Bertz CT molecular complexity index is 1120. The summed E-state index contributed by atoms with van der Waals surface area (Å²) in [5.74, 6) is 0.513. The number of anilines is 1. The Hall–Kier alpha value is -3.29. The first-order chi connectivity index (χ1) is 17.2. The van der Waals surface area contributed by atoms with Gasteiger partial charge in [-0.05, 0) is 56.2 Å². The lowest BCUT2D eigenvalue weighted by molar-refractivity contribution is -0.115. The van der Waals surface area contributed by atoms with Crippen molar-refractivity contribution in [1.29, 1.82) is 5.41 Å². The fraction of sp³-hybridized carbons (Fsp3) is 0.429. The van der Waals surface area contributed by atoms with Crippen LogP contribution >= 0.6 is 0 Å². The van der Waals surface area contributed by atoms with Gasteiger partial charge < -0.3 is 15.1 Å². The quantitative estimate of drug-likeness (QED) is 0.386. The molecule has 2 N–H and O–H groups in total. The Morgan fingerprint density at radius 2 is 1.89 bits per heavy atom. The van der Waals surface area contributed by atoms with Crippen LogP contribution in [0.1, 0.15) is 56.7 Å². The van der Waals surface area contributed by atoms with Crippen LogP contribution < -0.4 is 5.32 Å². The number of hydrogen-bond acceptors (Lipinski definition) is 5. The third-order valence-electron chi connectivity index (χ3n) is 6.83. The molecule has 2 fully saturated rings. The predicted molar refractivity (Wildman–Crippen MR) is 139 cm³/mol. The van der Waals surface area contributed by atoms with Gasteiger partial charge in [-0.25, -0.2) is 0 Å². The molecule has 0 bridgehead atoms. The second-order valence-corrected chi connectivity index (χ2v) is 9.58. The summed E-state index contributed by atoms with van der Waals surface area (Å²) in [5.41, 5.74) is 4.20. The molecule has 4 rings (SSSR count). The summed E-state index contributed by atoms with van der Waals surface area (Å²) in [6.45, 7) is 10.6. The molecule has 192 valence electrons. The minimum atomic E-state index is -4.40. The fourth-order valence-corrected chi connectivity index (χ4v) is 4.63. The van der Waals surface area contributed by atoms with Gasteiger partial charge in [0, 0.05) is 42.4 Å². The molecule has 0 atom stereocenters. The van der Waals surface area contributed by atoms with Gasteiger partial charge in [-0.1, -0.05) is 38.2 Å². The number of hydrogen-bond donors (Lipinski definition) is 2. The fourth-order valence-electron chi connectivity index (χ4n) is 4.63. The van der Waals surface area contributed by atoms with Crippen molar-refractivity contribution in [2.24, 2.45) is 5.92 Å². The van der Waals surface area contributed by atoms with E-state index in [4.69, 9.17) is 5.41 Å². The summed E-state index contributed by atoms with van der Waals surface area (Å²) < 4.78 is 39.5. The van der Waals surface area contributed by atoms with Crippen LogP contribution in [0.15, 0.2) is 66.8 Å². The van der Waals surface area contributed by atoms with E-state index in [-0.39, 0.29) is 11.4 Å². The zero-order valence-electron chi connectivity index (χ0n) is 20.8. The lowest BCUT2D eigenvalue weighted by Crippen LogP contribution is -2.27. The summed E-state index contributed by atoms with van der Waals surface area (Å²) in [6, 6.07) is 1.59. The molecule has 3 aliphatic rings. The molecule has 1 saturated heterocycles. The zero-order chi connectivity index (χ0) is 25.9. The Morgan fingerprint density at radius 3 is 2.50 bits per heavy atom. The average molecular weight is 498 g/mol. The van der Waals surface area contributed by atoms with Crippen LogP contribution in [0, 0.1) is 11.3 Å². The van der Waals surface area contributed by atoms with E-state index in [1.807, 2.05) is 24.1 Å². The van der Waals surface area contributed by atoms with E-state index >= 15 is 0 Å². The number of nitrogens with one attached hydrogen (secondary N) is 2. The van der Waals surface area contributed by atoms with E-state index in [1.165, 1.54) is 11.8 Å². The molecule has 1 aliphatic carbocycles. The third kappa shape index (κ3) is 6.09. The van der Waals surface area contributed by atoms with Crippen LogP contribution in [0.5, 0.6) is 0 Å². The van der Waals surface area contributed by atoms with Gasteiger partial charge in [0.15, 0.2) is 0 Å². The standard InChI is InChI=1S/C28H34F3N5/c1-4-26(36-17-22(21-11-12-21)10-9-19(36)2)27(32)23-16-33-24(15-25(23)34-18-28(29,30)31)20(3)35-13-7-5-6-8-14-35/h4,9-10,15-17,21,32H,2-3,5-8,11-14,18H2,1H3,(H,33,34)/b26-4-,32-27?. The zero-order valence-corrected chi connectivity index (χ0v) is 20.8. The number of rotatable bonds is 8. The maximum Gasteiger partial charge on any atom is 0.405 e. The highest BCUT2D eigenvalue weighted by molar-refractivity contribution is 6.13. The number of nitrogens with zero attached hydrogens (tertiary/aromatic N) is 3. The Kier molecular flexibility index (Phi) is 7.71. The number of aromatic nitrogens is 1. The lowest BCUT2D eigenvalue weighted by atomic mass is 10.0. The monoisotopic (exact) mass is 497 g/mol. The number of likely N-dealkylation sites (tertiary alicyclic amines) is 1. The third-order valence-corrected chi connectivity index (χ3v) is 6.83. The normalized spacial score (nSPS) is 19.2. The SMILES string of the molecule is C=C(c1cc(NCC(F)(F)F)c(C(=N)/C(=C/C)N2C=C(C3CC3)C=CC2=C)cn1)N1CCCCCC1. The molecule has 2 aliphatic heterocycles. The molecule has 1 aromatic rings. The number of allylic oxidation sites excluding steroid dienone is 5.